The molecule has 2 saturated heterocycles. The van der Waals surface area contributed by atoms with E-state index in [4.69, 9.17) is 16.3 Å². The monoisotopic (exact) mass is 338 g/mol. The van der Waals surface area contributed by atoms with E-state index in [9.17, 15) is 8.42 Å². The molecule has 1 atom stereocenters. The van der Waals surface area contributed by atoms with Gasteiger partial charge in [-0.2, -0.15) is 17.0 Å². The maximum atomic E-state index is 12.7. The Kier molecular flexibility index (Phi) is 6.75. The van der Waals surface area contributed by atoms with E-state index in [1.165, 1.54) is 0 Å². The third kappa shape index (κ3) is 4.55. The Bertz CT molecular complexity index is 410. The molecule has 21 heavy (non-hydrogen) atoms. The molecule has 0 aromatic rings. The molecule has 7 heteroatoms. The van der Waals surface area contributed by atoms with Crippen LogP contribution in [0.3, 0.4) is 0 Å². The largest absolute Gasteiger partial charge is 0.377 e. The third-order valence-electron chi connectivity index (χ3n) is 4.34. The Balaban J connectivity index is 1.92. The van der Waals surface area contributed by atoms with Gasteiger partial charge in [0.25, 0.3) is 10.2 Å². The van der Waals surface area contributed by atoms with Gasteiger partial charge in [-0.05, 0) is 38.0 Å². The van der Waals surface area contributed by atoms with Gasteiger partial charge in [-0.25, -0.2) is 0 Å². The van der Waals surface area contributed by atoms with E-state index in [1.54, 1.807) is 8.61 Å². The maximum absolute atomic E-state index is 12.7. The number of alkyl halides is 1. The fourth-order valence-corrected chi connectivity index (χ4v) is 5.01. The van der Waals surface area contributed by atoms with Crippen LogP contribution in [-0.2, 0) is 14.9 Å². The van der Waals surface area contributed by atoms with Crippen molar-refractivity contribution in [2.24, 2.45) is 5.92 Å². The zero-order valence-corrected chi connectivity index (χ0v) is 14.4. The van der Waals surface area contributed by atoms with Crippen LogP contribution in [0.4, 0.5) is 0 Å². The lowest BCUT2D eigenvalue weighted by molar-refractivity contribution is 0.0178. The van der Waals surface area contributed by atoms with E-state index in [0.717, 1.165) is 32.1 Å². The van der Waals surface area contributed by atoms with Crippen LogP contribution in [0, 0.1) is 5.92 Å². The van der Waals surface area contributed by atoms with Crippen molar-refractivity contribution in [2.45, 2.75) is 45.1 Å². The normalized spacial score (nSPS) is 27.0. The van der Waals surface area contributed by atoms with Crippen LogP contribution in [0.25, 0.3) is 0 Å². The fraction of sp³-hybridized carbons (Fsp3) is 1.00. The smallest absolute Gasteiger partial charge is 0.282 e. The Morgan fingerprint density at radius 1 is 1.14 bits per heavy atom. The molecule has 2 aliphatic rings. The van der Waals surface area contributed by atoms with Crippen molar-refractivity contribution < 1.29 is 13.2 Å². The van der Waals surface area contributed by atoms with Crippen LogP contribution in [0.2, 0.25) is 0 Å². The van der Waals surface area contributed by atoms with E-state index in [0.29, 0.717) is 44.6 Å². The lowest BCUT2D eigenvalue weighted by Crippen LogP contribution is -2.51. The van der Waals surface area contributed by atoms with Crippen LogP contribution in [0.5, 0.6) is 0 Å². The van der Waals surface area contributed by atoms with E-state index in [1.807, 2.05) is 0 Å². The van der Waals surface area contributed by atoms with Gasteiger partial charge in [0.1, 0.15) is 0 Å². The summed E-state index contributed by atoms with van der Waals surface area (Å²) < 4.78 is 34.4. The van der Waals surface area contributed by atoms with Crippen molar-refractivity contribution in [2.75, 3.05) is 38.7 Å². The lowest BCUT2D eigenvalue weighted by Gasteiger charge is -2.37. The average Bonchev–Trinajstić information content (AvgIpc) is 2.53. The van der Waals surface area contributed by atoms with Crippen molar-refractivity contribution in [3.05, 3.63) is 0 Å². The SMILES string of the molecule is CCCOC1CCCN(S(=O)(=O)N2CCC(CCl)CC2)C1. The van der Waals surface area contributed by atoms with Gasteiger partial charge in [0, 0.05) is 38.7 Å². The van der Waals surface area contributed by atoms with E-state index in [2.05, 4.69) is 6.92 Å². The van der Waals surface area contributed by atoms with Crippen molar-refractivity contribution in [1.29, 1.82) is 0 Å². The summed E-state index contributed by atoms with van der Waals surface area (Å²) in [6.07, 6.45) is 4.59. The quantitative estimate of drug-likeness (QED) is 0.697. The Morgan fingerprint density at radius 3 is 2.48 bits per heavy atom. The van der Waals surface area contributed by atoms with Gasteiger partial charge in [-0.15, -0.1) is 11.6 Å². The summed E-state index contributed by atoms with van der Waals surface area (Å²) in [7, 11) is -3.33. The minimum atomic E-state index is -3.33. The summed E-state index contributed by atoms with van der Waals surface area (Å²) >= 11 is 5.86. The van der Waals surface area contributed by atoms with E-state index >= 15 is 0 Å². The van der Waals surface area contributed by atoms with Gasteiger partial charge < -0.3 is 4.74 Å². The number of hydrogen-bond donors (Lipinski definition) is 0. The molecule has 0 radical (unpaired) electrons. The predicted octanol–water partition coefficient (Wildman–Crippen LogP) is 2.07. The zero-order chi connectivity index (χ0) is 15.3. The van der Waals surface area contributed by atoms with Crippen LogP contribution in [-0.4, -0.2) is 61.8 Å². The third-order valence-corrected chi connectivity index (χ3v) is 6.78. The molecular formula is C14H27ClN2O3S. The number of ether oxygens (including phenoxy) is 1. The summed E-state index contributed by atoms with van der Waals surface area (Å²) in [5, 5.41) is 0. The minimum absolute atomic E-state index is 0.0499. The Hall–Kier alpha value is 0.120. The second kappa shape index (κ2) is 8.11. The van der Waals surface area contributed by atoms with Gasteiger partial charge >= 0.3 is 0 Å². The highest BCUT2D eigenvalue weighted by Crippen LogP contribution is 2.24. The Labute approximate surface area is 133 Å². The zero-order valence-electron chi connectivity index (χ0n) is 12.8. The molecule has 1 unspecified atom stereocenters. The molecule has 5 nitrogen and oxygen atoms in total. The molecule has 0 aromatic carbocycles. The topological polar surface area (TPSA) is 49.9 Å². The van der Waals surface area contributed by atoms with Crippen molar-refractivity contribution >= 4 is 21.8 Å². The molecule has 2 heterocycles. The highest BCUT2D eigenvalue weighted by Gasteiger charge is 2.35. The number of piperidine rings is 2. The highest BCUT2D eigenvalue weighted by molar-refractivity contribution is 7.86. The first-order valence-corrected chi connectivity index (χ1v) is 9.93. The van der Waals surface area contributed by atoms with Crippen LogP contribution in [0.15, 0.2) is 0 Å². The van der Waals surface area contributed by atoms with Crippen molar-refractivity contribution in [3.63, 3.8) is 0 Å². The molecule has 0 amide bonds. The molecule has 124 valence electrons. The molecule has 2 rings (SSSR count). The predicted molar refractivity (Wildman–Crippen MR) is 84.8 cm³/mol. The molecular weight excluding hydrogens is 312 g/mol. The number of rotatable bonds is 6. The van der Waals surface area contributed by atoms with Crippen LogP contribution in [0.1, 0.15) is 39.0 Å². The summed E-state index contributed by atoms with van der Waals surface area (Å²) in [5.41, 5.74) is 0. The highest BCUT2D eigenvalue weighted by atomic mass is 35.5. The van der Waals surface area contributed by atoms with Gasteiger partial charge in [-0.3, -0.25) is 0 Å². The lowest BCUT2D eigenvalue weighted by atomic mass is 10.0. The first-order chi connectivity index (χ1) is 10.1. The summed E-state index contributed by atoms with van der Waals surface area (Å²) in [6.45, 7) is 5.08. The molecule has 0 aromatic heterocycles. The van der Waals surface area contributed by atoms with Gasteiger partial charge in [0.05, 0.1) is 6.10 Å². The first kappa shape index (κ1) is 17.5. The van der Waals surface area contributed by atoms with E-state index < -0.39 is 10.2 Å². The standard InChI is InChI=1S/C14H27ClN2O3S/c1-2-10-20-14-4-3-7-17(12-14)21(18,19)16-8-5-13(11-15)6-9-16/h13-14H,2-12H2,1H3. The first-order valence-electron chi connectivity index (χ1n) is 8.00. The fourth-order valence-electron chi connectivity index (χ4n) is 2.99. The van der Waals surface area contributed by atoms with Gasteiger partial charge in [-0.1, -0.05) is 6.92 Å². The van der Waals surface area contributed by atoms with Crippen LogP contribution < -0.4 is 0 Å². The molecule has 0 bridgehead atoms. The molecule has 0 N–H and O–H groups in total. The maximum Gasteiger partial charge on any atom is 0.282 e. The van der Waals surface area contributed by atoms with Gasteiger partial charge in [0.15, 0.2) is 0 Å². The molecule has 0 spiro atoms. The summed E-state index contributed by atoms with van der Waals surface area (Å²) in [4.78, 5) is 0. The minimum Gasteiger partial charge on any atom is -0.377 e. The molecule has 2 aliphatic heterocycles. The molecule has 0 saturated carbocycles. The molecule has 2 fully saturated rings. The van der Waals surface area contributed by atoms with E-state index in [-0.39, 0.29) is 6.10 Å². The van der Waals surface area contributed by atoms with Crippen molar-refractivity contribution in [3.8, 4) is 0 Å². The average molecular weight is 339 g/mol. The number of hydrogen-bond acceptors (Lipinski definition) is 3. The number of halogens is 1. The van der Waals surface area contributed by atoms with Crippen LogP contribution >= 0.6 is 11.6 Å². The Morgan fingerprint density at radius 2 is 1.86 bits per heavy atom. The van der Waals surface area contributed by atoms with Crippen molar-refractivity contribution in [1.82, 2.24) is 8.61 Å². The summed E-state index contributed by atoms with van der Waals surface area (Å²) in [5.74, 6) is 1.09. The second-order valence-corrected chi connectivity index (χ2v) is 8.23. The summed E-state index contributed by atoms with van der Waals surface area (Å²) in [6, 6.07) is 0. The molecule has 0 aliphatic carbocycles. The second-order valence-electron chi connectivity index (χ2n) is 6.00. The van der Waals surface area contributed by atoms with Gasteiger partial charge in [0.2, 0.25) is 0 Å². The number of nitrogens with zero attached hydrogens (tertiary/aromatic N) is 2.